The molecule has 30 heavy (non-hydrogen) atoms. The molecule has 3 aromatic carbocycles. The largest absolute Gasteiger partial charge is 0.346 e. The van der Waals surface area contributed by atoms with Crippen molar-refractivity contribution in [3.63, 3.8) is 0 Å². The summed E-state index contributed by atoms with van der Waals surface area (Å²) in [4.78, 5) is 12.9. The average Bonchev–Trinajstić information content (AvgIpc) is 2.73. The van der Waals surface area contributed by atoms with Crippen molar-refractivity contribution < 1.29 is 13.2 Å². The Balaban J connectivity index is 1.74. The minimum Gasteiger partial charge on any atom is -0.346 e. The Labute approximate surface area is 178 Å². The SMILES string of the molecule is Cc1ccc(C(C)NC(=O)c2ccc(N(C)S(=O)(=O)c3ccccc3)cc2)c(C)c1. The quantitative estimate of drug-likeness (QED) is 0.630. The minimum absolute atomic E-state index is 0.140. The molecular weight excluding hydrogens is 396 g/mol. The Morgan fingerprint density at radius 3 is 2.17 bits per heavy atom. The lowest BCUT2D eigenvalue weighted by Gasteiger charge is -2.20. The van der Waals surface area contributed by atoms with Crippen molar-refractivity contribution in [2.24, 2.45) is 0 Å². The smallest absolute Gasteiger partial charge is 0.264 e. The molecule has 0 aliphatic heterocycles. The van der Waals surface area contributed by atoms with E-state index < -0.39 is 10.0 Å². The van der Waals surface area contributed by atoms with Gasteiger partial charge in [0.1, 0.15) is 0 Å². The summed E-state index contributed by atoms with van der Waals surface area (Å²) in [5.41, 5.74) is 4.34. The Hall–Kier alpha value is -3.12. The lowest BCUT2D eigenvalue weighted by molar-refractivity contribution is 0.0940. The fourth-order valence-corrected chi connectivity index (χ4v) is 4.60. The van der Waals surface area contributed by atoms with Gasteiger partial charge in [-0.15, -0.1) is 0 Å². The topological polar surface area (TPSA) is 66.5 Å². The van der Waals surface area contributed by atoms with Gasteiger partial charge in [0.2, 0.25) is 0 Å². The number of sulfonamides is 1. The fraction of sp³-hybridized carbons (Fsp3) is 0.208. The van der Waals surface area contributed by atoms with Crippen molar-refractivity contribution in [2.75, 3.05) is 11.4 Å². The number of benzene rings is 3. The summed E-state index contributed by atoms with van der Waals surface area (Å²) in [6.45, 7) is 6.02. The molecule has 0 spiro atoms. The third-order valence-corrected chi connectivity index (χ3v) is 6.93. The standard InChI is InChI=1S/C24H26N2O3S/c1-17-10-15-23(18(2)16-17)19(3)25-24(27)20-11-13-21(14-12-20)26(4)30(28,29)22-8-6-5-7-9-22/h5-16,19H,1-4H3,(H,25,27). The zero-order valence-electron chi connectivity index (χ0n) is 17.6. The second kappa shape index (κ2) is 8.71. The van der Waals surface area contributed by atoms with E-state index in [1.165, 1.54) is 16.9 Å². The van der Waals surface area contributed by atoms with Crippen molar-refractivity contribution in [1.29, 1.82) is 0 Å². The molecule has 156 valence electrons. The molecule has 0 saturated carbocycles. The highest BCUT2D eigenvalue weighted by atomic mass is 32.2. The molecule has 0 radical (unpaired) electrons. The Morgan fingerprint density at radius 2 is 1.57 bits per heavy atom. The zero-order chi connectivity index (χ0) is 21.9. The number of hydrogen-bond donors (Lipinski definition) is 1. The van der Waals surface area contributed by atoms with Crippen LogP contribution in [0.2, 0.25) is 0 Å². The summed E-state index contributed by atoms with van der Waals surface area (Å²) in [5, 5.41) is 3.01. The lowest BCUT2D eigenvalue weighted by atomic mass is 10.00. The number of aryl methyl sites for hydroxylation is 2. The van der Waals surface area contributed by atoms with Crippen molar-refractivity contribution in [3.05, 3.63) is 95.1 Å². The van der Waals surface area contributed by atoms with Crippen LogP contribution in [0.5, 0.6) is 0 Å². The number of amides is 1. The van der Waals surface area contributed by atoms with Gasteiger partial charge in [-0.1, -0.05) is 42.0 Å². The monoisotopic (exact) mass is 422 g/mol. The van der Waals surface area contributed by atoms with Gasteiger partial charge in [0.25, 0.3) is 15.9 Å². The van der Waals surface area contributed by atoms with E-state index in [0.29, 0.717) is 11.3 Å². The third-order valence-electron chi connectivity index (χ3n) is 5.13. The molecular formula is C24H26N2O3S. The number of anilines is 1. The highest BCUT2D eigenvalue weighted by Gasteiger charge is 2.21. The third kappa shape index (κ3) is 4.54. The van der Waals surface area contributed by atoms with E-state index in [1.54, 1.807) is 54.6 Å². The normalized spacial score (nSPS) is 12.3. The Morgan fingerprint density at radius 1 is 0.933 bits per heavy atom. The van der Waals surface area contributed by atoms with Crippen LogP contribution in [0.4, 0.5) is 5.69 Å². The van der Waals surface area contributed by atoms with Gasteiger partial charge in [0.15, 0.2) is 0 Å². The van der Waals surface area contributed by atoms with Crippen LogP contribution in [0.3, 0.4) is 0 Å². The van der Waals surface area contributed by atoms with Crippen LogP contribution in [-0.2, 0) is 10.0 Å². The first-order valence-corrected chi connectivity index (χ1v) is 11.2. The summed E-state index contributed by atoms with van der Waals surface area (Å²) in [6, 6.07) is 20.8. The molecule has 6 heteroatoms. The number of carbonyl (C=O) groups is 1. The van der Waals surface area contributed by atoms with E-state index in [4.69, 9.17) is 0 Å². The van der Waals surface area contributed by atoms with E-state index in [1.807, 2.05) is 32.9 Å². The summed E-state index contributed by atoms with van der Waals surface area (Å²) >= 11 is 0. The van der Waals surface area contributed by atoms with E-state index >= 15 is 0 Å². The number of nitrogens with one attached hydrogen (secondary N) is 1. The first kappa shape index (κ1) is 21.6. The summed E-state index contributed by atoms with van der Waals surface area (Å²) < 4.78 is 26.7. The molecule has 0 fully saturated rings. The van der Waals surface area contributed by atoms with Crippen molar-refractivity contribution in [2.45, 2.75) is 31.7 Å². The summed E-state index contributed by atoms with van der Waals surface area (Å²) in [5.74, 6) is -0.206. The maximum atomic E-state index is 12.8. The predicted octanol–water partition coefficient (Wildman–Crippen LogP) is 4.62. The van der Waals surface area contributed by atoms with Crippen LogP contribution >= 0.6 is 0 Å². The molecule has 1 amide bonds. The van der Waals surface area contributed by atoms with E-state index in [9.17, 15) is 13.2 Å². The number of hydrogen-bond acceptors (Lipinski definition) is 3. The molecule has 0 aliphatic carbocycles. The van der Waals surface area contributed by atoms with E-state index in [0.717, 1.165) is 11.1 Å². The highest BCUT2D eigenvalue weighted by molar-refractivity contribution is 7.92. The van der Waals surface area contributed by atoms with Gasteiger partial charge in [-0.3, -0.25) is 9.10 Å². The van der Waals surface area contributed by atoms with Crippen molar-refractivity contribution in [3.8, 4) is 0 Å². The van der Waals surface area contributed by atoms with Crippen LogP contribution in [0, 0.1) is 13.8 Å². The zero-order valence-corrected chi connectivity index (χ0v) is 18.4. The van der Waals surface area contributed by atoms with E-state index in [-0.39, 0.29) is 16.8 Å². The molecule has 0 aliphatic rings. The first-order valence-electron chi connectivity index (χ1n) is 9.72. The highest BCUT2D eigenvalue weighted by Crippen LogP contribution is 2.23. The molecule has 1 unspecified atom stereocenters. The van der Waals surface area contributed by atoms with Crippen LogP contribution < -0.4 is 9.62 Å². The minimum atomic E-state index is -3.66. The lowest BCUT2D eigenvalue weighted by Crippen LogP contribution is -2.28. The van der Waals surface area contributed by atoms with Crippen LogP contribution in [0.25, 0.3) is 0 Å². The maximum Gasteiger partial charge on any atom is 0.264 e. The van der Waals surface area contributed by atoms with Gasteiger partial charge in [-0.2, -0.15) is 0 Å². The van der Waals surface area contributed by atoms with Gasteiger partial charge < -0.3 is 5.32 Å². The van der Waals surface area contributed by atoms with Crippen molar-refractivity contribution in [1.82, 2.24) is 5.32 Å². The average molecular weight is 423 g/mol. The second-order valence-electron chi connectivity index (χ2n) is 7.39. The molecule has 1 atom stereocenters. The summed E-state index contributed by atoms with van der Waals surface area (Å²) in [6.07, 6.45) is 0. The Bertz CT molecular complexity index is 1140. The number of nitrogens with zero attached hydrogens (tertiary/aromatic N) is 1. The first-order chi connectivity index (χ1) is 14.2. The van der Waals surface area contributed by atoms with Gasteiger partial charge >= 0.3 is 0 Å². The second-order valence-corrected chi connectivity index (χ2v) is 9.36. The maximum absolute atomic E-state index is 12.8. The number of carbonyl (C=O) groups excluding carboxylic acids is 1. The fourth-order valence-electron chi connectivity index (χ4n) is 3.38. The molecule has 3 aromatic rings. The van der Waals surface area contributed by atoms with Crippen LogP contribution in [0.1, 0.15) is 40.0 Å². The van der Waals surface area contributed by atoms with Crippen LogP contribution in [-0.4, -0.2) is 21.4 Å². The molecule has 1 N–H and O–H groups in total. The molecule has 3 rings (SSSR count). The van der Waals surface area contributed by atoms with Gasteiger partial charge in [0.05, 0.1) is 16.6 Å². The molecule has 5 nitrogen and oxygen atoms in total. The summed E-state index contributed by atoms with van der Waals surface area (Å²) in [7, 11) is -2.16. The van der Waals surface area contributed by atoms with E-state index in [2.05, 4.69) is 11.4 Å². The number of rotatable bonds is 6. The van der Waals surface area contributed by atoms with Gasteiger partial charge in [-0.05, 0) is 68.3 Å². The van der Waals surface area contributed by atoms with Gasteiger partial charge in [0, 0.05) is 12.6 Å². The van der Waals surface area contributed by atoms with Crippen LogP contribution in [0.15, 0.2) is 77.7 Å². The predicted molar refractivity (Wildman–Crippen MR) is 120 cm³/mol. The van der Waals surface area contributed by atoms with Gasteiger partial charge in [-0.25, -0.2) is 8.42 Å². The molecule has 0 heterocycles. The molecule has 0 aromatic heterocycles. The Kier molecular flexibility index (Phi) is 6.27. The van der Waals surface area contributed by atoms with Crippen molar-refractivity contribution >= 4 is 21.6 Å². The molecule has 0 bridgehead atoms. The molecule has 0 saturated heterocycles.